The lowest BCUT2D eigenvalue weighted by Gasteiger charge is -2.12. The number of hydrogen-bond donors (Lipinski definition) is 1. The molecule has 78 valence electrons. The highest BCUT2D eigenvalue weighted by atomic mass is 35.5. The molecule has 0 aliphatic carbocycles. The molecule has 0 amide bonds. The molecular weight excluding hydrogens is 224 g/mol. The van der Waals surface area contributed by atoms with Crippen molar-refractivity contribution < 1.29 is 4.21 Å². The van der Waals surface area contributed by atoms with Gasteiger partial charge in [0.15, 0.2) is 5.15 Å². The van der Waals surface area contributed by atoms with Crippen molar-refractivity contribution in [1.82, 2.24) is 9.97 Å². The maximum absolute atomic E-state index is 11.2. The predicted molar refractivity (Wildman–Crippen MR) is 58.1 cm³/mol. The molecule has 1 aromatic heterocycles. The Morgan fingerprint density at radius 2 is 2.00 bits per heavy atom. The zero-order chi connectivity index (χ0) is 10.9. The van der Waals surface area contributed by atoms with Crippen LogP contribution in [0.2, 0.25) is 5.15 Å². The highest BCUT2D eigenvalue weighted by Gasteiger charge is 2.14. The van der Waals surface area contributed by atoms with Crippen LogP contribution in [0.3, 0.4) is 0 Å². The van der Waals surface area contributed by atoms with Gasteiger partial charge in [0.1, 0.15) is 10.7 Å². The van der Waals surface area contributed by atoms with Gasteiger partial charge in [-0.1, -0.05) is 11.6 Å². The summed E-state index contributed by atoms with van der Waals surface area (Å²) in [6, 6.07) is 0. The highest BCUT2D eigenvalue weighted by Crippen LogP contribution is 2.24. The SMILES string of the molecule is CN(C)c1nc(N)c(S(C)=O)c(Cl)n1. The summed E-state index contributed by atoms with van der Waals surface area (Å²) in [4.78, 5) is 9.89. The topological polar surface area (TPSA) is 72.1 Å². The number of anilines is 2. The largest absolute Gasteiger partial charge is 0.382 e. The molecule has 1 heterocycles. The Hall–Kier alpha value is -0.880. The van der Waals surface area contributed by atoms with Crippen LogP contribution in [0.15, 0.2) is 4.90 Å². The number of hydrogen-bond acceptors (Lipinski definition) is 5. The predicted octanol–water partition coefficient (Wildman–Crippen LogP) is 0.516. The van der Waals surface area contributed by atoms with Crippen molar-refractivity contribution in [2.75, 3.05) is 31.0 Å². The molecule has 14 heavy (non-hydrogen) atoms. The van der Waals surface area contributed by atoms with Crippen molar-refractivity contribution in [3.8, 4) is 0 Å². The van der Waals surface area contributed by atoms with E-state index in [1.165, 1.54) is 6.26 Å². The van der Waals surface area contributed by atoms with E-state index in [1.54, 1.807) is 19.0 Å². The van der Waals surface area contributed by atoms with E-state index in [1.807, 2.05) is 0 Å². The van der Waals surface area contributed by atoms with Crippen LogP contribution in [0.1, 0.15) is 0 Å². The second kappa shape index (κ2) is 4.10. The van der Waals surface area contributed by atoms with Gasteiger partial charge in [-0.25, -0.2) is 0 Å². The Morgan fingerprint density at radius 3 is 2.36 bits per heavy atom. The first-order valence-electron chi connectivity index (χ1n) is 3.77. The van der Waals surface area contributed by atoms with E-state index < -0.39 is 10.8 Å². The molecule has 0 aromatic carbocycles. The van der Waals surface area contributed by atoms with E-state index in [0.717, 1.165) is 0 Å². The minimum Gasteiger partial charge on any atom is -0.382 e. The van der Waals surface area contributed by atoms with Crippen LogP contribution >= 0.6 is 11.6 Å². The van der Waals surface area contributed by atoms with E-state index in [2.05, 4.69) is 9.97 Å². The number of nitrogen functional groups attached to an aromatic ring is 1. The van der Waals surface area contributed by atoms with Crippen LogP contribution in [0.5, 0.6) is 0 Å². The summed E-state index contributed by atoms with van der Waals surface area (Å²) in [6.45, 7) is 0. The number of rotatable bonds is 2. The van der Waals surface area contributed by atoms with E-state index in [4.69, 9.17) is 17.3 Å². The Balaban J connectivity index is 3.32. The minimum absolute atomic E-state index is 0.141. The first kappa shape index (κ1) is 11.2. The maximum Gasteiger partial charge on any atom is 0.228 e. The summed E-state index contributed by atoms with van der Waals surface area (Å²) < 4.78 is 11.2. The molecule has 1 unspecified atom stereocenters. The summed E-state index contributed by atoms with van der Waals surface area (Å²) in [7, 11) is 2.27. The summed E-state index contributed by atoms with van der Waals surface area (Å²) in [6.07, 6.45) is 1.48. The molecule has 1 atom stereocenters. The second-order valence-electron chi connectivity index (χ2n) is 2.88. The molecule has 0 spiro atoms. The van der Waals surface area contributed by atoms with Crippen molar-refractivity contribution in [3.05, 3.63) is 5.15 Å². The zero-order valence-electron chi connectivity index (χ0n) is 8.11. The zero-order valence-corrected chi connectivity index (χ0v) is 9.69. The molecule has 2 N–H and O–H groups in total. The fraction of sp³-hybridized carbons (Fsp3) is 0.429. The Morgan fingerprint density at radius 1 is 1.43 bits per heavy atom. The van der Waals surface area contributed by atoms with E-state index in [-0.39, 0.29) is 15.9 Å². The highest BCUT2D eigenvalue weighted by molar-refractivity contribution is 7.84. The molecule has 1 rings (SSSR count). The molecule has 5 nitrogen and oxygen atoms in total. The quantitative estimate of drug-likeness (QED) is 0.756. The molecule has 0 saturated heterocycles. The van der Waals surface area contributed by atoms with Gasteiger partial charge in [-0.2, -0.15) is 9.97 Å². The molecule has 0 saturated carbocycles. The smallest absolute Gasteiger partial charge is 0.228 e. The third-order valence-electron chi connectivity index (χ3n) is 1.53. The van der Waals surface area contributed by atoms with Crippen molar-refractivity contribution in [2.45, 2.75) is 4.90 Å². The number of halogens is 1. The average Bonchev–Trinajstić information content (AvgIpc) is 2.01. The fourth-order valence-electron chi connectivity index (χ4n) is 0.894. The molecule has 7 heteroatoms. The van der Waals surface area contributed by atoms with Gasteiger partial charge in [0.25, 0.3) is 0 Å². The number of nitrogens with zero attached hydrogens (tertiary/aromatic N) is 3. The fourth-order valence-corrected chi connectivity index (χ4v) is 2.01. The third kappa shape index (κ3) is 2.13. The van der Waals surface area contributed by atoms with Gasteiger partial charge in [0.05, 0.1) is 10.8 Å². The maximum atomic E-state index is 11.2. The van der Waals surface area contributed by atoms with Crippen LogP contribution in [0, 0.1) is 0 Å². The number of nitrogens with two attached hydrogens (primary N) is 1. The summed E-state index contributed by atoms with van der Waals surface area (Å²) in [5, 5.41) is 0.141. The lowest BCUT2D eigenvalue weighted by Crippen LogP contribution is -2.15. The first-order chi connectivity index (χ1) is 6.43. The van der Waals surface area contributed by atoms with E-state index in [9.17, 15) is 4.21 Å². The van der Waals surface area contributed by atoms with Gasteiger partial charge in [-0.15, -0.1) is 0 Å². The van der Waals surface area contributed by atoms with Crippen LogP contribution < -0.4 is 10.6 Å². The van der Waals surface area contributed by atoms with Crippen LogP contribution in [0.25, 0.3) is 0 Å². The van der Waals surface area contributed by atoms with Crippen molar-refractivity contribution in [1.29, 1.82) is 0 Å². The van der Waals surface area contributed by atoms with Gasteiger partial charge in [-0.3, -0.25) is 4.21 Å². The first-order valence-corrected chi connectivity index (χ1v) is 5.71. The Labute approximate surface area is 89.7 Å². The molecule has 0 aliphatic heterocycles. The van der Waals surface area contributed by atoms with Crippen LogP contribution in [0.4, 0.5) is 11.8 Å². The van der Waals surface area contributed by atoms with Crippen molar-refractivity contribution in [3.63, 3.8) is 0 Å². The van der Waals surface area contributed by atoms with Gasteiger partial charge in [0, 0.05) is 20.4 Å². The summed E-state index contributed by atoms with van der Waals surface area (Å²) in [5.74, 6) is 0.566. The van der Waals surface area contributed by atoms with Crippen LogP contribution in [-0.4, -0.2) is 34.5 Å². The minimum atomic E-state index is -1.27. The second-order valence-corrected chi connectivity index (χ2v) is 4.55. The third-order valence-corrected chi connectivity index (χ3v) is 2.89. The molecule has 0 fully saturated rings. The monoisotopic (exact) mass is 234 g/mol. The van der Waals surface area contributed by atoms with Gasteiger partial charge in [0.2, 0.25) is 5.95 Å². The molecule has 0 radical (unpaired) electrons. The van der Waals surface area contributed by atoms with Gasteiger partial charge in [-0.05, 0) is 0 Å². The summed E-state index contributed by atoms with van der Waals surface area (Å²) >= 11 is 5.82. The number of aromatic nitrogens is 2. The Kier molecular flexibility index (Phi) is 3.28. The molecule has 0 bridgehead atoms. The van der Waals surface area contributed by atoms with Crippen molar-refractivity contribution in [2.24, 2.45) is 0 Å². The van der Waals surface area contributed by atoms with E-state index in [0.29, 0.717) is 5.95 Å². The van der Waals surface area contributed by atoms with Crippen molar-refractivity contribution >= 4 is 34.2 Å². The van der Waals surface area contributed by atoms with Gasteiger partial charge < -0.3 is 10.6 Å². The normalized spacial score (nSPS) is 12.6. The van der Waals surface area contributed by atoms with Gasteiger partial charge >= 0.3 is 0 Å². The standard InChI is InChI=1S/C7H11ClN4OS/c1-12(2)7-10-5(8)4(14(3)13)6(9)11-7/h1-3H3,(H2,9,10,11). The van der Waals surface area contributed by atoms with E-state index >= 15 is 0 Å². The molecule has 1 aromatic rings. The molecule has 0 aliphatic rings. The average molecular weight is 235 g/mol. The van der Waals surface area contributed by atoms with Crippen LogP contribution in [-0.2, 0) is 10.8 Å². The lowest BCUT2D eigenvalue weighted by atomic mass is 10.6. The Bertz CT molecular complexity index is 359. The lowest BCUT2D eigenvalue weighted by molar-refractivity contribution is 0.686. The molecular formula is C7H11ClN4OS. The summed E-state index contributed by atoms with van der Waals surface area (Å²) in [5.41, 5.74) is 5.61.